The third-order valence-electron chi connectivity index (χ3n) is 4.42. The molecule has 27 heavy (non-hydrogen) atoms. The molecule has 2 rings (SSSR count). The zero-order valence-electron chi connectivity index (χ0n) is 16.1. The fraction of sp³-hybridized carbons (Fsp3) is 0.579. The van der Waals surface area contributed by atoms with Gasteiger partial charge >= 0.3 is 0 Å². The van der Waals surface area contributed by atoms with Gasteiger partial charge in [0, 0.05) is 51.3 Å². The van der Waals surface area contributed by atoms with Crippen LogP contribution >= 0.6 is 0 Å². The molecule has 150 valence electrons. The van der Waals surface area contributed by atoms with Gasteiger partial charge in [-0.1, -0.05) is 30.3 Å². The molecule has 1 aromatic carbocycles. The summed E-state index contributed by atoms with van der Waals surface area (Å²) in [5.41, 5.74) is 1.23. The van der Waals surface area contributed by atoms with E-state index in [1.54, 1.807) is 0 Å². The number of nitrogens with one attached hydrogen (secondary N) is 2. The minimum atomic E-state index is -3.01. The summed E-state index contributed by atoms with van der Waals surface area (Å²) in [4.78, 5) is 18.7. The van der Waals surface area contributed by atoms with Crippen molar-refractivity contribution in [3.05, 3.63) is 35.9 Å². The van der Waals surface area contributed by atoms with E-state index in [1.165, 1.54) is 11.8 Å². The van der Waals surface area contributed by atoms with E-state index in [-0.39, 0.29) is 17.6 Å². The van der Waals surface area contributed by atoms with Crippen molar-refractivity contribution < 1.29 is 13.2 Å². The van der Waals surface area contributed by atoms with E-state index >= 15 is 0 Å². The second-order valence-electron chi connectivity index (χ2n) is 6.92. The van der Waals surface area contributed by atoms with Crippen LogP contribution in [0.5, 0.6) is 0 Å². The molecule has 0 radical (unpaired) electrons. The molecule has 7 nitrogen and oxygen atoms in total. The van der Waals surface area contributed by atoms with E-state index in [4.69, 9.17) is 0 Å². The van der Waals surface area contributed by atoms with Gasteiger partial charge in [0.05, 0.1) is 5.75 Å². The van der Waals surface area contributed by atoms with Crippen molar-refractivity contribution in [2.75, 3.05) is 44.7 Å². The second kappa shape index (κ2) is 10.3. The predicted molar refractivity (Wildman–Crippen MR) is 109 cm³/mol. The number of hydrogen-bond donors (Lipinski definition) is 2. The molecular formula is C19H30N4O3S. The highest BCUT2D eigenvalue weighted by molar-refractivity contribution is 7.90. The Kier molecular flexibility index (Phi) is 8.09. The number of carbonyl (C=O) groups is 1. The predicted octanol–water partition coefficient (Wildman–Crippen LogP) is 0.677. The van der Waals surface area contributed by atoms with Crippen molar-refractivity contribution in [3.8, 4) is 0 Å². The maximum atomic E-state index is 12.2. The Hall–Kier alpha value is -2.09. The molecule has 1 saturated heterocycles. The summed E-state index contributed by atoms with van der Waals surface area (Å²) in [6.45, 7) is 4.96. The molecule has 1 amide bonds. The van der Waals surface area contributed by atoms with Crippen molar-refractivity contribution in [2.45, 2.75) is 19.8 Å². The lowest BCUT2D eigenvalue weighted by Crippen LogP contribution is -2.40. The molecule has 0 saturated carbocycles. The normalized spacial score (nSPS) is 18.0. The first-order chi connectivity index (χ1) is 12.9. The monoisotopic (exact) mass is 394 g/mol. The van der Waals surface area contributed by atoms with Gasteiger partial charge in [-0.05, 0) is 18.9 Å². The summed E-state index contributed by atoms with van der Waals surface area (Å²) in [5, 5.41) is 6.14. The third-order valence-corrected chi connectivity index (χ3v) is 5.37. The van der Waals surface area contributed by atoms with Crippen LogP contribution in [-0.2, 0) is 21.1 Å². The number of carbonyl (C=O) groups excluding carboxylic acids is 1. The number of hydrogen-bond acceptors (Lipinski definition) is 4. The van der Waals surface area contributed by atoms with E-state index in [0.29, 0.717) is 32.0 Å². The van der Waals surface area contributed by atoms with Crippen molar-refractivity contribution in [2.24, 2.45) is 10.9 Å². The van der Waals surface area contributed by atoms with E-state index in [9.17, 15) is 13.2 Å². The van der Waals surface area contributed by atoms with Crippen molar-refractivity contribution >= 4 is 21.7 Å². The quantitative estimate of drug-likeness (QED) is 0.475. The molecule has 1 aromatic rings. The molecule has 2 N–H and O–H groups in total. The van der Waals surface area contributed by atoms with Crippen molar-refractivity contribution in [3.63, 3.8) is 0 Å². The summed E-state index contributed by atoms with van der Waals surface area (Å²) in [6, 6.07) is 10.2. The molecular weight excluding hydrogens is 364 g/mol. The Labute approximate surface area is 162 Å². The Balaban J connectivity index is 1.81. The molecule has 0 aliphatic carbocycles. The summed E-state index contributed by atoms with van der Waals surface area (Å²) >= 11 is 0. The number of benzene rings is 1. The largest absolute Gasteiger partial charge is 0.357 e. The number of guanidine groups is 1. The molecule has 1 fully saturated rings. The first-order valence-electron chi connectivity index (χ1n) is 9.39. The minimum absolute atomic E-state index is 0.0621. The average molecular weight is 395 g/mol. The lowest BCUT2D eigenvalue weighted by atomic mass is 10.1. The van der Waals surface area contributed by atoms with Gasteiger partial charge in [0.25, 0.3) is 0 Å². The molecule has 1 aliphatic rings. The van der Waals surface area contributed by atoms with Gasteiger partial charge in [0.1, 0.15) is 9.84 Å². The SMILES string of the molecule is CCNC(=NCC1CC(=O)N(CCc2ccccc2)C1)NCCS(C)(=O)=O. The summed E-state index contributed by atoms with van der Waals surface area (Å²) < 4.78 is 22.5. The van der Waals surface area contributed by atoms with Gasteiger partial charge in [-0.2, -0.15) is 0 Å². The standard InChI is InChI=1S/C19H30N4O3S/c1-3-20-19(21-10-12-27(2,25)26)22-14-17-13-18(24)23(15-17)11-9-16-7-5-4-6-8-16/h4-8,17H,3,9-15H2,1-2H3,(H2,20,21,22). The number of nitrogens with zero attached hydrogens (tertiary/aromatic N) is 2. The molecule has 1 unspecified atom stereocenters. The number of amides is 1. The maximum absolute atomic E-state index is 12.2. The molecule has 8 heteroatoms. The lowest BCUT2D eigenvalue weighted by molar-refractivity contribution is -0.127. The van der Waals surface area contributed by atoms with Gasteiger partial charge in [-0.15, -0.1) is 0 Å². The van der Waals surface area contributed by atoms with Crippen LogP contribution in [0.1, 0.15) is 18.9 Å². The number of sulfone groups is 1. The fourth-order valence-electron chi connectivity index (χ4n) is 3.02. The van der Waals surface area contributed by atoms with Crippen LogP contribution < -0.4 is 10.6 Å². The summed E-state index contributed by atoms with van der Waals surface area (Å²) in [7, 11) is -3.01. The first kappa shape index (κ1) is 21.2. The number of aliphatic imine (C=N–C) groups is 1. The Morgan fingerprint density at radius 1 is 1.26 bits per heavy atom. The minimum Gasteiger partial charge on any atom is -0.357 e. The highest BCUT2D eigenvalue weighted by Gasteiger charge is 2.28. The van der Waals surface area contributed by atoms with Gasteiger partial charge < -0.3 is 15.5 Å². The van der Waals surface area contributed by atoms with E-state index < -0.39 is 9.84 Å². The number of likely N-dealkylation sites (tertiary alicyclic amines) is 1. The van der Waals surface area contributed by atoms with Crippen molar-refractivity contribution in [1.29, 1.82) is 0 Å². The highest BCUT2D eigenvalue weighted by atomic mass is 32.2. The van der Waals surface area contributed by atoms with Crippen LogP contribution in [0.3, 0.4) is 0 Å². The Bertz CT molecular complexity index is 735. The van der Waals surface area contributed by atoms with Crippen LogP contribution in [0, 0.1) is 5.92 Å². The molecule has 1 heterocycles. The van der Waals surface area contributed by atoms with E-state index in [1.807, 2.05) is 30.0 Å². The topological polar surface area (TPSA) is 90.9 Å². The first-order valence-corrected chi connectivity index (χ1v) is 11.4. The van der Waals surface area contributed by atoms with Crippen LogP contribution in [0.15, 0.2) is 35.3 Å². The molecule has 1 atom stereocenters. The van der Waals surface area contributed by atoms with Gasteiger partial charge in [0.15, 0.2) is 5.96 Å². The smallest absolute Gasteiger partial charge is 0.223 e. The van der Waals surface area contributed by atoms with Crippen LogP contribution in [0.25, 0.3) is 0 Å². The second-order valence-corrected chi connectivity index (χ2v) is 9.18. The third kappa shape index (κ3) is 7.99. The highest BCUT2D eigenvalue weighted by Crippen LogP contribution is 2.18. The zero-order valence-corrected chi connectivity index (χ0v) is 17.0. The summed E-state index contributed by atoms with van der Waals surface area (Å²) in [5.74, 6) is 1.03. The van der Waals surface area contributed by atoms with Gasteiger partial charge in [-0.25, -0.2) is 8.42 Å². The van der Waals surface area contributed by atoms with E-state index in [2.05, 4.69) is 27.8 Å². The van der Waals surface area contributed by atoms with Crippen LogP contribution in [0.2, 0.25) is 0 Å². The van der Waals surface area contributed by atoms with E-state index in [0.717, 1.165) is 19.5 Å². The van der Waals surface area contributed by atoms with Crippen molar-refractivity contribution in [1.82, 2.24) is 15.5 Å². The molecule has 0 bridgehead atoms. The van der Waals surface area contributed by atoms with Crippen LogP contribution in [-0.4, -0.2) is 69.9 Å². The average Bonchev–Trinajstić information content (AvgIpc) is 2.97. The van der Waals surface area contributed by atoms with Crippen LogP contribution in [0.4, 0.5) is 0 Å². The van der Waals surface area contributed by atoms with Gasteiger partial charge in [0.2, 0.25) is 5.91 Å². The lowest BCUT2D eigenvalue weighted by Gasteiger charge is -2.16. The molecule has 0 aromatic heterocycles. The summed E-state index contributed by atoms with van der Waals surface area (Å²) in [6.07, 6.45) is 2.59. The molecule has 1 aliphatic heterocycles. The Morgan fingerprint density at radius 2 is 2.00 bits per heavy atom. The van der Waals surface area contributed by atoms with Gasteiger partial charge in [-0.3, -0.25) is 9.79 Å². The number of rotatable bonds is 9. The zero-order chi connectivity index (χ0) is 19.7. The molecule has 0 spiro atoms. The Morgan fingerprint density at radius 3 is 2.67 bits per heavy atom. The maximum Gasteiger partial charge on any atom is 0.223 e. The fourth-order valence-corrected chi connectivity index (χ4v) is 3.49.